The number of benzene rings is 1. The number of allylic oxidation sites excluding steroid dienone is 3. The van der Waals surface area contributed by atoms with Crippen LogP contribution in [0.3, 0.4) is 0 Å². The fourth-order valence-electron chi connectivity index (χ4n) is 5.10. The standard InChI is InChI=1S/C28H39BN2O5/c1-18(2)24(30-26(33)34-7)25(32)31-16-8-9-23(31)21-11-10-20(17-21)19-12-14-22(15-13-19)29-35-27(3,4)28(5,6)36-29/h10-15,18,23-24H,8-9,16-17H2,1-7H3,(H,30,33)/t23-,24+/m1/s1. The van der Waals surface area contributed by atoms with Crippen LogP contribution in [-0.2, 0) is 18.8 Å². The number of alkyl carbamates (subject to hydrolysis) is 1. The van der Waals surface area contributed by atoms with Crippen LogP contribution in [0, 0.1) is 5.92 Å². The van der Waals surface area contributed by atoms with E-state index in [9.17, 15) is 9.59 Å². The minimum absolute atomic E-state index is 0.0356. The van der Waals surface area contributed by atoms with Crippen molar-refractivity contribution in [3.63, 3.8) is 0 Å². The van der Waals surface area contributed by atoms with E-state index in [1.54, 1.807) is 0 Å². The van der Waals surface area contributed by atoms with Crippen molar-refractivity contribution in [1.29, 1.82) is 0 Å². The van der Waals surface area contributed by atoms with Crippen LogP contribution in [0.5, 0.6) is 0 Å². The first-order valence-electron chi connectivity index (χ1n) is 12.9. The van der Waals surface area contributed by atoms with Crippen LogP contribution in [0.4, 0.5) is 4.79 Å². The fraction of sp³-hybridized carbons (Fsp3) is 0.571. The molecule has 0 bridgehead atoms. The molecule has 4 rings (SSSR count). The highest BCUT2D eigenvalue weighted by atomic mass is 16.7. The number of methoxy groups -OCH3 is 1. The van der Waals surface area contributed by atoms with Crippen LogP contribution in [0.15, 0.2) is 42.0 Å². The lowest BCUT2D eigenvalue weighted by Crippen LogP contribution is -2.52. The van der Waals surface area contributed by atoms with E-state index in [0.717, 1.165) is 30.3 Å². The Hall–Kier alpha value is -2.58. The number of amides is 2. The normalized spacial score (nSPS) is 23.5. The lowest BCUT2D eigenvalue weighted by Gasteiger charge is -2.32. The first-order chi connectivity index (χ1) is 16.9. The van der Waals surface area contributed by atoms with Crippen molar-refractivity contribution < 1.29 is 23.6 Å². The number of carbonyl (C=O) groups excluding carboxylic acids is 2. The second kappa shape index (κ2) is 10.1. The molecule has 1 N–H and O–H groups in total. The molecular weight excluding hydrogens is 455 g/mol. The Morgan fingerprint density at radius 2 is 1.72 bits per heavy atom. The maximum absolute atomic E-state index is 13.4. The van der Waals surface area contributed by atoms with Crippen LogP contribution in [0.1, 0.15) is 66.4 Å². The van der Waals surface area contributed by atoms with Crippen molar-refractivity contribution in [2.45, 2.75) is 84.1 Å². The Morgan fingerprint density at radius 3 is 2.31 bits per heavy atom. The highest BCUT2D eigenvalue weighted by molar-refractivity contribution is 6.62. The van der Waals surface area contributed by atoms with E-state index in [2.05, 4.69) is 69.4 Å². The van der Waals surface area contributed by atoms with E-state index in [-0.39, 0.29) is 36.2 Å². The van der Waals surface area contributed by atoms with Crippen molar-refractivity contribution >= 4 is 30.2 Å². The SMILES string of the molecule is COC(=O)N[C@H](C(=O)N1CCC[C@@H]1C1=CC=C(c2ccc(B3OC(C)(C)C(C)(C)O3)cc2)C1)C(C)C. The fourth-order valence-corrected chi connectivity index (χ4v) is 5.10. The van der Waals surface area contributed by atoms with Gasteiger partial charge in [0.1, 0.15) is 6.04 Å². The summed E-state index contributed by atoms with van der Waals surface area (Å²) < 4.78 is 17.1. The molecule has 0 aromatic heterocycles. The summed E-state index contributed by atoms with van der Waals surface area (Å²) in [6.07, 6.45) is 6.43. The minimum Gasteiger partial charge on any atom is -0.453 e. The number of rotatable bonds is 6. The number of hydrogen-bond donors (Lipinski definition) is 1. The largest absolute Gasteiger partial charge is 0.494 e. The molecule has 1 aromatic rings. The van der Waals surface area contributed by atoms with Gasteiger partial charge in [-0.1, -0.05) is 50.3 Å². The molecular formula is C28H39BN2O5. The Bertz CT molecular complexity index is 1040. The topological polar surface area (TPSA) is 77.1 Å². The average Bonchev–Trinajstić information content (AvgIpc) is 3.54. The van der Waals surface area contributed by atoms with Crippen molar-refractivity contribution in [1.82, 2.24) is 10.2 Å². The molecule has 2 fully saturated rings. The molecule has 7 nitrogen and oxygen atoms in total. The molecule has 3 aliphatic rings. The lowest BCUT2D eigenvalue weighted by molar-refractivity contribution is -0.134. The molecule has 36 heavy (non-hydrogen) atoms. The number of carbonyl (C=O) groups is 2. The highest BCUT2D eigenvalue weighted by Crippen LogP contribution is 2.38. The predicted molar refractivity (Wildman–Crippen MR) is 142 cm³/mol. The second-order valence-corrected chi connectivity index (χ2v) is 11.4. The van der Waals surface area contributed by atoms with Gasteiger partial charge in [0.2, 0.25) is 5.91 Å². The monoisotopic (exact) mass is 494 g/mol. The van der Waals surface area contributed by atoms with Gasteiger partial charge in [0, 0.05) is 6.54 Å². The number of likely N-dealkylation sites (tertiary alicyclic amines) is 1. The van der Waals surface area contributed by atoms with E-state index in [4.69, 9.17) is 14.0 Å². The zero-order chi connectivity index (χ0) is 26.3. The molecule has 194 valence electrons. The molecule has 0 unspecified atom stereocenters. The zero-order valence-electron chi connectivity index (χ0n) is 22.6. The Kier molecular flexibility index (Phi) is 7.40. The smallest absolute Gasteiger partial charge is 0.453 e. The van der Waals surface area contributed by atoms with Crippen LogP contribution in [0.25, 0.3) is 5.57 Å². The molecule has 8 heteroatoms. The molecule has 2 heterocycles. The first-order valence-corrected chi connectivity index (χ1v) is 12.9. The van der Waals surface area contributed by atoms with Crippen LogP contribution >= 0.6 is 0 Å². The first kappa shape index (κ1) is 26.5. The van der Waals surface area contributed by atoms with Crippen molar-refractivity contribution in [2.24, 2.45) is 5.92 Å². The zero-order valence-corrected chi connectivity index (χ0v) is 22.6. The Labute approximate surface area is 215 Å². The van der Waals surface area contributed by atoms with Crippen LogP contribution in [0.2, 0.25) is 0 Å². The quantitative estimate of drug-likeness (QED) is 0.604. The van der Waals surface area contributed by atoms with Crippen LogP contribution in [-0.4, -0.2) is 61.0 Å². The average molecular weight is 494 g/mol. The van der Waals surface area contributed by atoms with Gasteiger partial charge in [-0.05, 0) is 75.0 Å². The van der Waals surface area contributed by atoms with Crippen molar-refractivity contribution in [2.75, 3.05) is 13.7 Å². The summed E-state index contributed by atoms with van der Waals surface area (Å²) in [5.74, 6) is -0.0781. The van der Waals surface area contributed by atoms with E-state index < -0.39 is 12.1 Å². The van der Waals surface area contributed by atoms with Gasteiger partial charge in [0.25, 0.3) is 0 Å². The molecule has 0 saturated carbocycles. The molecule has 0 radical (unpaired) electrons. The van der Waals surface area contributed by atoms with E-state index in [1.165, 1.54) is 18.3 Å². The lowest BCUT2D eigenvalue weighted by atomic mass is 9.78. The molecule has 0 spiro atoms. The van der Waals surface area contributed by atoms with Gasteiger partial charge in [-0.3, -0.25) is 4.79 Å². The molecule has 2 amide bonds. The second-order valence-electron chi connectivity index (χ2n) is 11.4. The van der Waals surface area contributed by atoms with Gasteiger partial charge in [0.05, 0.1) is 24.4 Å². The maximum atomic E-state index is 13.4. The van der Waals surface area contributed by atoms with Crippen molar-refractivity contribution in [3.05, 3.63) is 47.6 Å². The van der Waals surface area contributed by atoms with Crippen LogP contribution < -0.4 is 10.8 Å². The van der Waals surface area contributed by atoms with Crippen molar-refractivity contribution in [3.8, 4) is 0 Å². The van der Waals surface area contributed by atoms with E-state index >= 15 is 0 Å². The third-order valence-corrected chi connectivity index (χ3v) is 8.06. The number of ether oxygens (including phenoxy) is 1. The van der Waals surface area contributed by atoms with Gasteiger partial charge in [-0.15, -0.1) is 0 Å². The molecule has 2 aliphatic heterocycles. The summed E-state index contributed by atoms with van der Waals surface area (Å²) in [5, 5.41) is 2.72. The molecule has 1 aliphatic carbocycles. The Balaban J connectivity index is 1.41. The third-order valence-electron chi connectivity index (χ3n) is 8.06. The number of hydrogen-bond acceptors (Lipinski definition) is 5. The molecule has 1 aromatic carbocycles. The highest BCUT2D eigenvalue weighted by Gasteiger charge is 2.51. The summed E-state index contributed by atoms with van der Waals surface area (Å²) >= 11 is 0. The molecule has 2 atom stereocenters. The summed E-state index contributed by atoms with van der Waals surface area (Å²) in [6.45, 7) is 12.8. The summed E-state index contributed by atoms with van der Waals surface area (Å²) in [4.78, 5) is 27.2. The van der Waals surface area contributed by atoms with Gasteiger partial charge < -0.3 is 24.3 Å². The number of nitrogens with zero attached hydrogens (tertiary/aromatic N) is 1. The summed E-state index contributed by atoms with van der Waals surface area (Å²) in [7, 11) is 0.940. The summed E-state index contributed by atoms with van der Waals surface area (Å²) in [5.41, 5.74) is 3.91. The Morgan fingerprint density at radius 1 is 1.08 bits per heavy atom. The maximum Gasteiger partial charge on any atom is 0.494 e. The summed E-state index contributed by atoms with van der Waals surface area (Å²) in [6, 6.07) is 7.84. The van der Waals surface area contributed by atoms with Gasteiger partial charge >= 0.3 is 13.2 Å². The minimum atomic E-state index is -0.602. The van der Waals surface area contributed by atoms with E-state index in [1.807, 2.05) is 18.7 Å². The number of nitrogens with one attached hydrogen (secondary N) is 1. The third kappa shape index (κ3) is 5.11. The van der Waals surface area contributed by atoms with Gasteiger partial charge in [0.15, 0.2) is 0 Å². The van der Waals surface area contributed by atoms with E-state index in [0.29, 0.717) is 6.54 Å². The van der Waals surface area contributed by atoms with Gasteiger partial charge in [-0.2, -0.15) is 0 Å². The molecule has 2 saturated heterocycles. The predicted octanol–water partition coefficient (Wildman–Crippen LogP) is 4.07. The van der Waals surface area contributed by atoms with Gasteiger partial charge in [-0.25, -0.2) is 4.79 Å².